The topological polar surface area (TPSA) is 127 Å². The quantitative estimate of drug-likeness (QED) is 0.139. The van der Waals surface area contributed by atoms with Crippen LogP contribution in [0.2, 0.25) is 0 Å². The van der Waals surface area contributed by atoms with Gasteiger partial charge in [0.2, 0.25) is 12.5 Å². The highest BCUT2D eigenvalue weighted by atomic mass is 16.7. The SMILES string of the molecule is CC=C(C)C(=O)OC(c1cc(OC)c2c(c1)OCO2)C(C)OC(=O)C(C)(O)C(C)OC(=O)CCCCCCC. The zero-order valence-electron chi connectivity index (χ0n) is 24.0. The van der Waals surface area contributed by atoms with Gasteiger partial charge in [-0.05, 0) is 53.2 Å². The van der Waals surface area contributed by atoms with Gasteiger partial charge in [-0.15, -0.1) is 0 Å². The van der Waals surface area contributed by atoms with Crippen molar-refractivity contribution in [2.75, 3.05) is 13.9 Å². The van der Waals surface area contributed by atoms with Crippen LogP contribution in [0.15, 0.2) is 23.8 Å². The van der Waals surface area contributed by atoms with E-state index in [1.807, 2.05) is 0 Å². The minimum absolute atomic E-state index is 0.0000366. The van der Waals surface area contributed by atoms with Crippen LogP contribution in [0, 0.1) is 0 Å². The molecule has 10 heteroatoms. The Bertz CT molecular complexity index is 1030. The van der Waals surface area contributed by atoms with E-state index in [1.165, 1.54) is 27.9 Å². The van der Waals surface area contributed by atoms with Crippen LogP contribution in [0.5, 0.6) is 17.2 Å². The van der Waals surface area contributed by atoms with Crippen LogP contribution in [-0.2, 0) is 28.6 Å². The number of unbranched alkanes of at least 4 members (excludes halogenated alkanes) is 4. The summed E-state index contributed by atoms with van der Waals surface area (Å²) in [5.41, 5.74) is -1.36. The van der Waals surface area contributed by atoms with Crippen molar-refractivity contribution in [1.29, 1.82) is 0 Å². The first-order chi connectivity index (χ1) is 18.5. The van der Waals surface area contributed by atoms with E-state index in [-0.39, 0.29) is 13.2 Å². The van der Waals surface area contributed by atoms with E-state index < -0.39 is 41.8 Å². The summed E-state index contributed by atoms with van der Waals surface area (Å²) >= 11 is 0. The standard InChI is InChI=1S/C29H42O10/c1-8-10-11-12-13-14-24(30)38-20(5)29(6,33)28(32)37-19(4)25(39-27(31)18(3)9-2)21-15-22(34-7)26-23(16-21)35-17-36-26/h9,15-16,19-20,25,33H,8,10-14,17H2,1-7H3. The first kappa shape index (κ1) is 31.9. The second-order valence-corrected chi connectivity index (χ2v) is 9.81. The molecule has 1 aliphatic heterocycles. The summed E-state index contributed by atoms with van der Waals surface area (Å²) < 4.78 is 32.9. The van der Waals surface area contributed by atoms with Crippen LogP contribution in [0.25, 0.3) is 0 Å². The minimum atomic E-state index is -2.15. The van der Waals surface area contributed by atoms with Crippen LogP contribution in [0.3, 0.4) is 0 Å². The summed E-state index contributed by atoms with van der Waals surface area (Å²) in [5.74, 6) is -1.01. The molecule has 4 atom stereocenters. The number of esters is 3. The number of methoxy groups -OCH3 is 1. The zero-order valence-corrected chi connectivity index (χ0v) is 24.0. The molecular formula is C29H42O10. The van der Waals surface area contributed by atoms with Crippen LogP contribution < -0.4 is 14.2 Å². The fourth-order valence-corrected chi connectivity index (χ4v) is 3.83. The third-order valence-corrected chi connectivity index (χ3v) is 6.72. The molecule has 0 saturated carbocycles. The number of hydrogen-bond donors (Lipinski definition) is 1. The van der Waals surface area contributed by atoms with Crippen LogP contribution in [0.1, 0.15) is 91.7 Å². The molecule has 1 N–H and O–H groups in total. The Morgan fingerprint density at radius 1 is 1.08 bits per heavy atom. The average Bonchev–Trinajstić information content (AvgIpc) is 3.39. The summed E-state index contributed by atoms with van der Waals surface area (Å²) in [6.45, 7) is 9.58. The molecule has 0 aromatic heterocycles. The molecule has 0 fully saturated rings. The van der Waals surface area contributed by atoms with Gasteiger partial charge < -0.3 is 33.5 Å². The van der Waals surface area contributed by atoms with Gasteiger partial charge in [-0.3, -0.25) is 4.79 Å². The number of allylic oxidation sites excluding steroid dienone is 1. The maximum Gasteiger partial charge on any atom is 0.342 e. The highest BCUT2D eigenvalue weighted by Crippen LogP contribution is 2.44. The molecule has 1 heterocycles. The van der Waals surface area contributed by atoms with Gasteiger partial charge in [-0.1, -0.05) is 38.7 Å². The molecule has 2 rings (SSSR count). The predicted octanol–water partition coefficient (Wildman–Crippen LogP) is 4.95. The number of rotatable bonds is 15. The second kappa shape index (κ2) is 14.8. The lowest BCUT2D eigenvalue weighted by molar-refractivity contribution is -0.193. The lowest BCUT2D eigenvalue weighted by atomic mass is 9.99. The van der Waals surface area contributed by atoms with E-state index in [0.29, 0.717) is 34.8 Å². The molecule has 39 heavy (non-hydrogen) atoms. The van der Waals surface area contributed by atoms with Gasteiger partial charge >= 0.3 is 17.9 Å². The summed E-state index contributed by atoms with van der Waals surface area (Å²) in [4.78, 5) is 38.0. The lowest BCUT2D eigenvalue weighted by Gasteiger charge is -2.31. The molecule has 0 bridgehead atoms. The first-order valence-electron chi connectivity index (χ1n) is 13.4. The van der Waals surface area contributed by atoms with Crippen molar-refractivity contribution in [2.24, 2.45) is 0 Å². The molecule has 1 aromatic carbocycles. The number of ether oxygens (including phenoxy) is 6. The highest BCUT2D eigenvalue weighted by Gasteiger charge is 2.43. The number of carbonyl (C=O) groups excluding carboxylic acids is 3. The largest absolute Gasteiger partial charge is 0.493 e. The Labute approximate surface area is 230 Å². The van der Waals surface area contributed by atoms with Crippen molar-refractivity contribution in [3.05, 3.63) is 29.3 Å². The summed E-state index contributed by atoms with van der Waals surface area (Å²) in [5, 5.41) is 10.9. The molecule has 0 spiro atoms. The van der Waals surface area contributed by atoms with Crippen LogP contribution in [0.4, 0.5) is 0 Å². The van der Waals surface area contributed by atoms with Gasteiger partial charge in [0.1, 0.15) is 12.2 Å². The van der Waals surface area contributed by atoms with Crippen LogP contribution >= 0.6 is 0 Å². The van der Waals surface area contributed by atoms with E-state index in [4.69, 9.17) is 28.4 Å². The molecule has 1 aromatic rings. The highest BCUT2D eigenvalue weighted by molar-refractivity contribution is 5.88. The fraction of sp³-hybridized carbons (Fsp3) is 0.621. The summed E-state index contributed by atoms with van der Waals surface area (Å²) in [6.07, 6.45) is 3.31. The Balaban J connectivity index is 2.17. The number of hydrogen-bond acceptors (Lipinski definition) is 10. The molecule has 0 saturated heterocycles. The molecule has 0 aliphatic carbocycles. The van der Waals surface area contributed by atoms with Crippen molar-refractivity contribution in [2.45, 2.75) is 104 Å². The van der Waals surface area contributed by atoms with Gasteiger partial charge in [0, 0.05) is 17.6 Å². The third kappa shape index (κ3) is 8.61. The zero-order chi connectivity index (χ0) is 29.2. The smallest absolute Gasteiger partial charge is 0.342 e. The van der Waals surface area contributed by atoms with Gasteiger partial charge in [0.15, 0.2) is 23.2 Å². The first-order valence-corrected chi connectivity index (χ1v) is 13.4. The van der Waals surface area contributed by atoms with Crippen molar-refractivity contribution < 1.29 is 47.9 Å². The van der Waals surface area contributed by atoms with Crippen molar-refractivity contribution >= 4 is 17.9 Å². The van der Waals surface area contributed by atoms with Gasteiger partial charge in [0.25, 0.3) is 0 Å². The molecule has 1 aliphatic rings. The average molecular weight is 551 g/mol. The summed E-state index contributed by atoms with van der Waals surface area (Å²) in [6, 6.07) is 3.21. The normalized spacial score (nSPS) is 16.5. The molecule has 0 amide bonds. The van der Waals surface area contributed by atoms with Crippen molar-refractivity contribution in [3.63, 3.8) is 0 Å². The van der Waals surface area contributed by atoms with Crippen LogP contribution in [-0.4, -0.2) is 54.7 Å². The third-order valence-electron chi connectivity index (χ3n) is 6.72. The van der Waals surface area contributed by atoms with E-state index in [0.717, 1.165) is 25.7 Å². The van der Waals surface area contributed by atoms with E-state index in [1.54, 1.807) is 32.1 Å². The maximum atomic E-state index is 13.1. The minimum Gasteiger partial charge on any atom is -0.493 e. The Morgan fingerprint density at radius 3 is 2.41 bits per heavy atom. The van der Waals surface area contributed by atoms with Crippen molar-refractivity contribution in [1.82, 2.24) is 0 Å². The number of benzene rings is 1. The molecule has 0 radical (unpaired) electrons. The summed E-state index contributed by atoms with van der Waals surface area (Å²) in [7, 11) is 1.46. The number of aliphatic hydroxyl groups is 1. The Morgan fingerprint density at radius 2 is 1.77 bits per heavy atom. The fourth-order valence-electron chi connectivity index (χ4n) is 3.83. The van der Waals surface area contributed by atoms with E-state index in [9.17, 15) is 19.5 Å². The maximum absolute atomic E-state index is 13.1. The lowest BCUT2D eigenvalue weighted by Crippen LogP contribution is -2.49. The Hall–Kier alpha value is -3.27. The molecule has 218 valence electrons. The number of fused-ring (bicyclic) bond motifs is 1. The number of carbonyl (C=O) groups is 3. The molecular weight excluding hydrogens is 508 g/mol. The van der Waals surface area contributed by atoms with Crippen molar-refractivity contribution in [3.8, 4) is 17.2 Å². The van der Waals surface area contributed by atoms with E-state index >= 15 is 0 Å². The van der Waals surface area contributed by atoms with Gasteiger partial charge in [-0.25, -0.2) is 9.59 Å². The van der Waals surface area contributed by atoms with Gasteiger partial charge in [0.05, 0.1) is 7.11 Å². The molecule has 4 unspecified atom stereocenters. The van der Waals surface area contributed by atoms with E-state index in [2.05, 4.69) is 6.92 Å². The second-order valence-electron chi connectivity index (χ2n) is 9.81. The predicted molar refractivity (Wildman–Crippen MR) is 142 cm³/mol. The van der Waals surface area contributed by atoms with Gasteiger partial charge in [-0.2, -0.15) is 0 Å². The monoisotopic (exact) mass is 550 g/mol. The Kier molecular flexibility index (Phi) is 12.1. The molecule has 10 nitrogen and oxygen atoms in total.